The normalized spacial score (nSPS) is 13.3. The molecule has 0 unspecified atom stereocenters. The number of halogens is 1. The molecular formula is C21H23FN2O2S. The summed E-state index contributed by atoms with van der Waals surface area (Å²) >= 11 is 1.28. The second kappa shape index (κ2) is 9.04. The van der Waals surface area contributed by atoms with E-state index in [0.29, 0.717) is 5.56 Å². The van der Waals surface area contributed by atoms with Crippen molar-refractivity contribution in [3.8, 4) is 0 Å². The lowest BCUT2D eigenvalue weighted by Crippen LogP contribution is -2.34. The van der Waals surface area contributed by atoms with E-state index in [2.05, 4.69) is 5.32 Å². The molecule has 0 saturated heterocycles. The van der Waals surface area contributed by atoms with Crippen molar-refractivity contribution >= 4 is 29.3 Å². The van der Waals surface area contributed by atoms with Crippen LogP contribution < -0.4 is 5.32 Å². The van der Waals surface area contributed by atoms with Crippen LogP contribution in [-0.2, 0) is 16.1 Å². The summed E-state index contributed by atoms with van der Waals surface area (Å²) in [5.74, 6) is -0.0527. The molecule has 2 aromatic carbocycles. The van der Waals surface area contributed by atoms with Gasteiger partial charge in [0, 0.05) is 23.8 Å². The maximum Gasteiger partial charge on any atom is 0.234 e. The van der Waals surface area contributed by atoms with E-state index in [1.54, 1.807) is 23.1 Å². The van der Waals surface area contributed by atoms with Crippen molar-refractivity contribution in [2.45, 2.75) is 32.4 Å². The average molecular weight is 386 g/mol. The van der Waals surface area contributed by atoms with E-state index >= 15 is 0 Å². The predicted molar refractivity (Wildman–Crippen MR) is 107 cm³/mol. The molecule has 1 aliphatic rings. The van der Waals surface area contributed by atoms with Crippen LogP contribution >= 0.6 is 11.8 Å². The Morgan fingerprint density at radius 1 is 1.11 bits per heavy atom. The second-order valence-corrected chi connectivity index (χ2v) is 7.74. The van der Waals surface area contributed by atoms with Gasteiger partial charge in [0.1, 0.15) is 5.82 Å². The van der Waals surface area contributed by atoms with E-state index in [1.165, 1.54) is 17.8 Å². The molecule has 1 aliphatic carbocycles. The lowest BCUT2D eigenvalue weighted by molar-refractivity contribution is -0.129. The molecule has 0 aliphatic heterocycles. The first kappa shape index (κ1) is 19.4. The Hall–Kier alpha value is -2.34. The molecule has 0 aromatic heterocycles. The number of thioether (sulfide) groups is 1. The highest BCUT2D eigenvalue weighted by atomic mass is 32.2. The minimum atomic E-state index is -0.291. The Balaban J connectivity index is 1.47. The zero-order valence-corrected chi connectivity index (χ0v) is 16.1. The molecule has 4 nitrogen and oxygen atoms in total. The van der Waals surface area contributed by atoms with Crippen molar-refractivity contribution in [3.05, 3.63) is 65.5 Å². The minimum Gasteiger partial charge on any atom is -0.335 e. The lowest BCUT2D eigenvalue weighted by Gasteiger charge is -2.22. The number of hydrogen-bond donors (Lipinski definition) is 1. The molecule has 142 valence electrons. The maximum atomic E-state index is 13.9. The molecular weight excluding hydrogens is 363 g/mol. The summed E-state index contributed by atoms with van der Waals surface area (Å²) < 4.78 is 13.9. The van der Waals surface area contributed by atoms with E-state index in [-0.39, 0.29) is 41.7 Å². The van der Waals surface area contributed by atoms with Crippen LogP contribution in [0.2, 0.25) is 0 Å². The molecule has 0 spiro atoms. The highest BCUT2D eigenvalue weighted by Gasteiger charge is 2.32. The van der Waals surface area contributed by atoms with Crippen LogP contribution in [0.1, 0.15) is 24.0 Å². The van der Waals surface area contributed by atoms with Gasteiger partial charge in [-0.25, -0.2) is 4.39 Å². The number of carbonyl (C=O) groups is 2. The molecule has 0 heterocycles. The van der Waals surface area contributed by atoms with Crippen LogP contribution in [0.5, 0.6) is 0 Å². The van der Waals surface area contributed by atoms with Gasteiger partial charge in [0.05, 0.1) is 11.5 Å². The summed E-state index contributed by atoms with van der Waals surface area (Å²) in [6, 6.07) is 14.3. The van der Waals surface area contributed by atoms with Gasteiger partial charge in [-0.3, -0.25) is 9.59 Å². The number of carbonyl (C=O) groups excluding carboxylic acids is 2. The molecule has 1 saturated carbocycles. The lowest BCUT2D eigenvalue weighted by atomic mass is 10.2. The molecule has 0 radical (unpaired) electrons. The highest BCUT2D eigenvalue weighted by molar-refractivity contribution is 8.00. The third-order valence-electron chi connectivity index (χ3n) is 4.40. The van der Waals surface area contributed by atoms with Gasteiger partial charge in [-0.1, -0.05) is 35.9 Å². The fraction of sp³-hybridized carbons (Fsp3) is 0.333. The van der Waals surface area contributed by atoms with Crippen LogP contribution in [0.4, 0.5) is 10.1 Å². The Morgan fingerprint density at radius 2 is 1.81 bits per heavy atom. The summed E-state index contributed by atoms with van der Waals surface area (Å²) in [6.07, 6.45) is 1.91. The molecule has 0 bridgehead atoms. The van der Waals surface area contributed by atoms with Crippen LogP contribution in [-0.4, -0.2) is 34.3 Å². The third-order valence-corrected chi connectivity index (χ3v) is 5.32. The van der Waals surface area contributed by atoms with Gasteiger partial charge in [0.2, 0.25) is 11.8 Å². The van der Waals surface area contributed by atoms with Crippen molar-refractivity contribution < 1.29 is 14.0 Å². The smallest absolute Gasteiger partial charge is 0.234 e. The van der Waals surface area contributed by atoms with Crippen molar-refractivity contribution in [3.63, 3.8) is 0 Å². The average Bonchev–Trinajstić information content (AvgIpc) is 3.48. The summed E-state index contributed by atoms with van der Waals surface area (Å²) in [6.45, 7) is 2.27. The SMILES string of the molecule is Cc1ccc(NC(=O)CSCC(=O)N(Cc2ccccc2F)C2CC2)cc1. The number of benzene rings is 2. The van der Waals surface area contributed by atoms with Gasteiger partial charge in [0.25, 0.3) is 0 Å². The molecule has 6 heteroatoms. The topological polar surface area (TPSA) is 49.4 Å². The van der Waals surface area contributed by atoms with Crippen LogP contribution in [0.15, 0.2) is 48.5 Å². The zero-order chi connectivity index (χ0) is 19.2. The third kappa shape index (κ3) is 5.82. The number of nitrogens with zero attached hydrogens (tertiary/aromatic N) is 1. The summed E-state index contributed by atoms with van der Waals surface area (Å²) in [5, 5.41) is 2.82. The fourth-order valence-electron chi connectivity index (χ4n) is 2.77. The molecule has 0 atom stereocenters. The summed E-state index contributed by atoms with van der Waals surface area (Å²) in [7, 11) is 0. The number of amides is 2. The van der Waals surface area contributed by atoms with Gasteiger partial charge in [0.15, 0.2) is 0 Å². The van der Waals surface area contributed by atoms with Crippen molar-refractivity contribution in [1.82, 2.24) is 4.90 Å². The molecule has 2 aromatic rings. The number of aryl methyl sites for hydroxylation is 1. The monoisotopic (exact) mass is 386 g/mol. The van der Waals surface area contributed by atoms with E-state index in [1.807, 2.05) is 31.2 Å². The number of anilines is 1. The number of nitrogens with one attached hydrogen (secondary N) is 1. The van der Waals surface area contributed by atoms with E-state index in [4.69, 9.17) is 0 Å². The van der Waals surface area contributed by atoms with Crippen LogP contribution in [0.3, 0.4) is 0 Å². The van der Waals surface area contributed by atoms with Gasteiger partial charge in [-0.05, 0) is 38.0 Å². The maximum absolute atomic E-state index is 13.9. The van der Waals surface area contributed by atoms with E-state index in [9.17, 15) is 14.0 Å². The minimum absolute atomic E-state index is 0.0473. The highest BCUT2D eigenvalue weighted by Crippen LogP contribution is 2.29. The Labute approximate surface area is 163 Å². The molecule has 2 amide bonds. The van der Waals surface area contributed by atoms with Crippen LogP contribution in [0.25, 0.3) is 0 Å². The van der Waals surface area contributed by atoms with Gasteiger partial charge < -0.3 is 10.2 Å². The van der Waals surface area contributed by atoms with Gasteiger partial charge in [-0.15, -0.1) is 11.8 Å². The fourth-order valence-corrected chi connectivity index (χ4v) is 3.47. The largest absolute Gasteiger partial charge is 0.335 e. The molecule has 27 heavy (non-hydrogen) atoms. The Morgan fingerprint density at radius 3 is 2.48 bits per heavy atom. The summed E-state index contributed by atoms with van der Waals surface area (Å²) in [5.41, 5.74) is 2.40. The van der Waals surface area contributed by atoms with Gasteiger partial charge in [-0.2, -0.15) is 0 Å². The number of hydrogen-bond acceptors (Lipinski definition) is 3. The Kier molecular flexibility index (Phi) is 6.50. The first-order valence-corrected chi connectivity index (χ1v) is 10.2. The van der Waals surface area contributed by atoms with E-state index < -0.39 is 0 Å². The van der Waals surface area contributed by atoms with Gasteiger partial charge >= 0.3 is 0 Å². The number of rotatable bonds is 8. The first-order valence-electron chi connectivity index (χ1n) is 9.00. The molecule has 3 rings (SSSR count). The zero-order valence-electron chi connectivity index (χ0n) is 15.3. The first-order chi connectivity index (χ1) is 13.0. The van der Waals surface area contributed by atoms with Crippen LogP contribution in [0, 0.1) is 12.7 Å². The quantitative estimate of drug-likeness (QED) is 0.746. The van der Waals surface area contributed by atoms with Crippen molar-refractivity contribution in [2.75, 3.05) is 16.8 Å². The van der Waals surface area contributed by atoms with Crippen molar-refractivity contribution in [1.29, 1.82) is 0 Å². The summed E-state index contributed by atoms with van der Waals surface area (Å²) in [4.78, 5) is 26.3. The molecule has 1 N–H and O–H groups in total. The Bertz CT molecular complexity index is 806. The standard InChI is InChI=1S/C21H23FN2O2S/c1-15-6-8-17(9-7-15)23-20(25)13-27-14-21(26)24(18-10-11-18)12-16-4-2-3-5-19(16)22/h2-9,18H,10-14H2,1H3,(H,23,25). The van der Waals surface area contributed by atoms with E-state index in [0.717, 1.165) is 24.1 Å². The molecule has 1 fully saturated rings. The second-order valence-electron chi connectivity index (χ2n) is 6.75. The predicted octanol–water partition coefficient (Wildman–Crippen LogP) is 4.00. The van der Waals surface area contributed by atoms with Crippen molar-refractivity contribution in [2.24, 2.45) is 0 Å².